The quantitative estimate of drug-likeness (QED) is 0.657. The third-order valence-electron chi connectivity index (χ3n) is 4.06. The molecule has 1 heterocycles. The van der Waals surface area contributed by atoms with Gasteiger partial charge in [-0.2, -0.15) is 0 Å². The van der Waals surface area contributed by atoms with Crippen molar-refractivity contribution in [2.75, 3.05) is 17.7 Å². The van der Waals surface area contributed by atoms with Crippen LogP contribution in [0.1, 0.15) is 32.0 Å². The fourth-order valence-electron chi connectivity index (χ4n) is 2.66. The molecule has 1 amide bonds. The summed E-state index contributed by atoms with van der Waals surface area (Å²) in [4.78, 5) is 32.6. The fourth-order valence-corrected chi connectivity index (χ4v) is 2.66. The summed E-state index contributed by atoms with van der Waals surface area (Å²) in [6, 6.07) is 14.0. The molecule has 0 fully saturated rings. The molecule has 0 saturated carbocycles. The number of hydrogen-bond acceptors (Lipinski definition) is 6. The van der Waals surface area contributed by atoms with Crippen LogP contribution < -0.4 is 10.6 Å². The van der Waals surface area contributed by atoms with E-state index in [9.17, 15) is 9.59 Å². The van der Waals surface area contributed by atoms with Gasteiger partial charge >= 0.3 is 5.97 Å². The van der Waals surface area contributed by atoms with Gasteiger partial charge in [0.05, 0.1) is 12.7 Å². The van der Waals surface area contributed by atoms with Crippen LogP contribution in [0.2, 0.25) is 0 Å². The lowest BCUT2D eigenvalue weighted by molar-refractivity contribution is 0.0600. The zero-order valence-electron chi connectivity index (χ0n) is 15.8. The van der Waals surface area contributed by atoms with E-state index in [-0.39, 0.29) is 5.69 Å². The van der Waals surface area contributed by atoms with Gasteiger partial charge in [-0.1, -0.05) is 23.8 Å². The Morgan fingerprint density at radius 2 is 1.86 bits per heavy atom. The first kappa shape index (κ1) is 19.0. The van der Waals surface area contributed by atoms with E-state index < -0.39 is 11.9 Å². The zero-order chi connectivity index (χ0) is 20.1. The standard InChI is InChI=1S/C21H20N4O3/c1-13-7-8-17(14(2)11-13)24-21-22-10-9-18(25-21)19(26)23-16-6-4-5-15(12-16)20(27)28-3/h4-12H,1-3H3,(H,23,26)(H,22,24,25). The number of amides is 1. The van der Waals surface area contributed by atoms with E-state index in [4.69, 9.17) is 0 Å². The first-order chi connectivity index (χ1) is 13.5. The molecular formula is C21H20N4O3. The number of carbonyl (C=O) groups is 2. The minimum atomic E-state index is -0.474. The van der Waals surface area contributed by atoms with Crippen LogP contribution in [0.4, 0.5) is 17.3 Å². The van der Waals surface area contributed by atoms with Gasteiger partial charge in [-0.05, 0) is 49.7 Å². The molecule has 0 aliphatic carbocycles. The lowest BCUT2D eigenvalue weighted by atomic mass is 10.1. The van der Waals surface area contributed by atoms with E-state index >= 15 is 0 Å². The lowest BCUT2D eigenvalue weighted by Crippen LogP contribution is -2.15. The molecule has 3 rings (SSSR count). The SMILES string of the molecule is COC(=O)c1cccc(NC(=O)c2ccnc(Nc3ccc(C)cc3C)n2)c1. The van der Waals surface area contributed by atoms with E-state index in [1.807, 2.05) is 32.0 Å². The van der Waals surface area contributed by atoms with Crippen LogP contribution in [0.25, 0.3) is 0 Å². The first-order valence-electron chi connectivity index (χ1n) is 8.63. The summed E-state index contributed by atoms with van der Waals surface area (Å²) in [5.74, 6) is -0.561. The Balaban J connectivity index is 1.76. The Morgan fingerprint density at radius 3 is 2.61 bits per heavy atom. The summed E-state index contributed by atoms with van der Waals surface area (Å²) in [5.41, 5.74) is 4.10. The predicted octanol–water partition coefficient (Wildman–Crippen LogP) is 3.88. The third kappa shape index (κ3) is 4.50. The Hall–Kier alpha value is -3.74. The number of carbonyl (C=O) groups excluding carboxylic acids is 2. The minimum absolute atomic E-state index is 0.200. The highest BCUT2D eigenvalue weighted by atomic mass is 16.5. The monoisotopic (exact) mass is 376 g/mol. The van der Waals surface area contributed by atoms with Gasteiger partial charge in [0.15, 0.2) is 0 Å². The molecule has 2 N–H and O–H groups in total. The van der Waals surface area contributed by atoms with E-state index in [1.165, 1.54) is 19.4 Å². The van der Waals surface area contributed by atoms with Gasteiger partial charge in [0.2, 0.25) is 5.95 Å². The van der Waals surface area contributed by atoms with Crippen molar-refractivity contribution in [3.8, 4) is 0 Å². The summed E-state index contributed by atoms with van der Waals surface area (Å²) in [5, 5.41) is 5.85. The van der Waals surface area contributed by atoms with Gasteiger partial charge in [0.1, 0.15) is 5.69 Å². The van der Waals surface area contributed by atoms with Crippen LogP contribution in [-0.4, -0.2) is 29.0 Å². The van der Waals surface area contributed by atoms with E-state index in [0.717, 1.165) is 16.8 Å². The van der Waals surface area contributed by atoms with Gasteiger partial charge in [-0.3, -0.25) is 4.79 Å². The van der Waals surface area contributed by atoms with Gasteiger partial charge < -0.3 is 15.4 Å². The van der Waals surface area contributed by atoms with Gasteiger partial charge in [-0.15, -0.1) is 0 Å². The molecule has 7 heteroatoms. The molecule has 28 heavy (non-hydrogen) atoms. The first-order valence-corrected chi connectivity index (χ1v) is 8.63. The Bertz CT molecular complexity index is 1030. The minimum Gasteiger partial charge on any atom is -0.465 e. The van der Waals surface area contributed by atoms with Crippen molar-refractivity contribution in [1.29, 1.82) is 0 Å². The summed E-state index contributed by atoms with van der Waals surface area (Å²) in [7, 11) is 1.30. The molecule has 0 saturated heterocycles. The highest BCUT2D eigenvalue weighted by molar-refractivity contribution is 6.03. The third-order valence-corrected chi connectivity index (χ3v) is 4.06. The largest absolute Gasteiger partial charge is 0.465 e. The maximum absolute atomic E-state index is 12.5. The molecule has 0 aliphatic rings. The maximum Gasteiger partial charge on any atom is 0.337 e. The molecule has 3 aromatic rings. The number of rotatable bonds is 5. The van der Waals surface area contributed by atoms with Crippen LogP contribution in [0.5, 0.6) is 0 Å². The van der Waals surface area contributed by atoms with Crippen molar-refractivity contribution in [2.45, 2.75) is 13.8 Å². The van der Waals surface area contributed by atoms with Crippen LogP contribution in [0.3, 0.4) is 0 Å². The maximum atomic E-state index is 12.5. The Labute approximate surface area is 162 Å². The number of esters is 1. The molecule has 2 aromatic carbocycles. The van der Waals surface area contributed by atoms with Crippen LogP contribution in [0.15, 0.2) is 54.7 Å². The second kappa shape index (κ2) is 8.30. The number of nitrogens with one attached hydrogen (secondary N) is 2. The smallest absolute Gasteiger partial charge is 0.337 e. The second-order valence-electron chi connectivity index (χ2n) is 6.24. The summed E-state index contributed by atoms with van der Waals surface area (Å²) < 4.78 is 4.69. The summed E-state index contributed by atoms with van der Waals surface area (Å²) in [6.45, 7) is 4.01. The normalized spacial score (nSPS) is 10.2. The van der Waals surface area contributed by atoms with Crippen LogP contribution in [0, 0.1) is 13.8 Å². The van der Waals surface area contributed by atoms with Crippen molar-refractivity contribution in [3.05, 3.63) is 77.1 Å². The molecule has 7 nitrogen and oxygen atoms in total. The van der Waals surface area contributed by atoms with E-state index in [1.54, 1.807) is 24.3 Å². The number of methoxy groups -OCH3 is 1. The number of aromatic nitrogens is 2. The highest BCUT2D eigenvalue weighted by Crippen LogP contribution is 2.19. The van der Waals surface area contributed by atoms with Crippen molar-refractivity contribution in [1.82, 2.24) is 9.97 Å². The average molecular weight is 376 g/mol. The average Bonchev–Trinajstić information content (AvgIpc) is 2.70. The van der Waals surface area contributed by atoms with Crippen molar-refractivity contribution >= 4 is 29.2 Å². The Kier molecular flexibility index (Phi) is 5.64. The molecule has 0 atom stereocenters. The van der Waals surface area contributed by atoms with Crippen LogP contribution in [-0.2, 0) is 4.74 Å². The molecule has 1 aromatic heterocycles. The van der Waals surface area contributed by atoms with Crippen molar-refractivity contribution in [3.63, 3.8) is 0 Å². The number of anilines is 3. The molecular weight excluding hydrogens is 356 g/mol. The summed E-state index contributed by atoms with van der Waals surface area (Å²) >= 11 is 0. The molecule has 0 unspecified atom stereocenters. The van der Waals surface area contributed by atoms with Gasteiger partial charge in [0.25, 0.3) is 5.91 Å². The van der Waals surface area contributed by atoms with Crippen LogP contribution >= 0.6 is 0 Å². The number of hydrogen-bond donors (Lipinski definition) is 2. The molecule has 0 bridgehead atoms. The van der Waals surface area contributed by atoms with Crippen molar-refractivity contribution in [2.24, 2.45) is 0 Å². The molecule has 0 radical (unpaired) electrons. The fraction of sp³-hybridized carbons (Fsp3) is 0.143. The van der Waals surface area contributed by atoms with Gasteiger partial charge in [0, 0.05) is 17.6 Å². The Morgan fingerprint density at radius 1 is 1.04 bits per heavy atom. The summed E-state index contributed by atoms with van der Waals surface area (Å²) in [6.07, 6.45) is 1.51. The van der Waals surface area contributed by atoms with E-state index in [2.05, 4.69) is 25.3 Å². The lowest BCUT2D eigenvalue weighted by Gasteiger charge is -2.10. The number of aryl methyl sites for hydroxylation is 2. The topological polar surface area (TPSA) is 93.2 Å². The molecule has 0 spiro atoms. The number of nitrogens with zero attached hydrogens (tertiary/aromatic N) is 2. The van der Waals surface area contributed by atoms with Crippen molar-refractivity contribution < 1.29 is 14.3 Å². The zero-order valence-corrected chi connectivity index (χ0v) is 15.8. The highest BCUT2D eigenvalue weighted by Gasteiger charge is 2.12. The number of ether oxygens (including phenoxy) is 1. The van der Waals surface area contributed by atoms with Gasteiger partial charge in [-0.25, -0.2) is 14.8 Å². The second-order valence-corrected chi connectivity index (χ2v) is 6.24. The number of benzene rings is 2. The predicted molar refractivity (Wildman–Crippen MR) is 107 cm³/mol. The van der Waals surface area contributed by atoms with E-state index in [0.29, 0.717) is 17.2 Å². The molecule has 142 valence electrons. The molecule has 0 aliphatic heterocycles.